The smallest absolute Gasteiger partial charge is 0.261 e. The van der Waals surface area contributed by atoms with Crippen molar-refractivity contribution in [2.24, 2.45) is 5.41 Å². The van der Waals surface area contributed by atoms with Crippen LogP contribution in [0.25, 0.3) is 0 Å². The normalized spacial score (nSPS) is 27.1. The highest BCUT2D eigenvalue weighted by atomic mass is 19.3. The first kappa shape index (κ1) is 17.2. The minimum Gasteiger partial charge on any atom is -0.383 e. The summed E-state index contributed by atoms with van der Waals surface area (Å²) in [7, 11) is 1.57. The van der Waals surface area contributed by atoms with E-state index in [-0.39, 0.29) is 18.9 Å². The Labute approximate surface area is 140 Å². The zero-order valence-corrected chi connectivity index (χ0v) is 13.9. The van der Waals surface area contributed by atoms with Crippen molar-refractivity contribution in [2.45, 2.75) is 25.3 Å². The summed E-state index contributed by atoms with van der Waals surface area (Å²) in [4.78, 5) is 20.3. The van der Waals surface area contributed by atoms with Gasteiger partial charge in [0.05, 0.1) is 24.3 Å². The monoisotopic (exact) mass is 339 g/mol. The number of ether oxygens (including phenoxy) is 1. The number of halogens is 2. The Balaban J connectivity index is 1.75. The van der Waals surface area contributed by atoms with E-state index in [1.165, 1.54) is 0 Å². The SMILES string of the molecule is COCCN1CCC2(CN(Cc3ccccn3)CC(F)(F)C2)C1=O. The molecule has 7 heteroatoms. The summed E-state index contributed by atoms with van der Waals surface area (Å²) in [5.41, 5.74) is -0.239. The number of nitrogens with zero attached hydrogens (tertiary/aromatic N) is 3. The number of likely N-dealkylation sites (tertiary alicyclic amines) is 2. The van der Waals surface area contributed by atoms with Crippen LogP contribution in [0.3, 0.4) is 0 Å². The number of amides is 1. The lowest BCUT2D eigenvalue weighted by atomic mass is 9.77. The molecule has 1 spiro atoms. The molecule has 5 nitrogen and oxygen atoms in total. The van der Waals surface area contributed by atoms with E-state index >= 15 is 0 Å². The Morgan fingerprint density at radius 2 is 2.17 bits per heavy atom. The number of piperidine rings is 1. The standard InChI is InChI=1S/C17H23F2N3O2/c1-24-9-8-22-7-5-16(15(22)23)11-17(18,19)13-21(12-16)10-14-4-2-3-6-20-14/h2-4,6H,5,7-13H2,1H3. The predicted molar refractivity (Wildman–Crippen MR) is 84.6 cm³/mol. The maximum atomic E-state index is 14.3. The van der Waals surface area contributed by atoms with Crippen molar-refractivity contribution < 1.29 is 18.3 Å². The molecule has 0 radical (unpaired) electrons. The quantitative estimate of drug-likeness (QED) is 0.820. The lowest BCUT2D eigenvalue weighted by molar-refractivity contribution is -0.155. The Morgan fingerprint density at radius 3 is 2.88 bits per heavy atom. The largest absolute Gasteiger partial charge is 0.383 e. The number of rotatable bonds is 5. The fourth-order valence-corrected chi connectivity index (χ4v) is 3.87. The number of alkyl halides is 2. The lowest BCUT2D eigenvalue weighted by Gasteiger charge is -2.42. The first-order valence-corrected chi connectivity index (χ1v) is 8.23. The number of hydrogen-bond donors (Lipinski definition) is 0. The Hall–Kier alpha value is -1.60. The van der Waals surface area contributed by atoms with Crippen LogP contribution in [0.5, 0.6) is 0 Å². The molecule has 2 saturated heterocycles. The van der Waals surface area contributed by atoms with Crippen LogP contribution in [0.1, 0.15) is 18.5 Å². The van der Waals surface area contributed by atoms with Crippen molar-refractivity contribution in [1.82, 2.24) is 14.8 Å². The summed E-state index contributed by atoms with van der Waals surface area (Å²) in [6, 6.07) is 5.46. The molecular weight excluding hydrogens is 316 g/mol. The zero-order valence-electron chi connectivity index (χ0n) is 13.9. The van der Waals surface area contributed by atoms with Gasteiger partial charge in [-0.3, -0.25) is 14.7 Å². The summed E-state index contributed by atoms with van der Waals surface area (Å²) in [6.07, 6.45) is 1.77. The van der Waals surface area contributed by atoms with E-state index in [0.29, 0.717) is 39.2 Å². The molecule has 0 aromatic carbocycles. The molecule has 1 amide bonds. The van der Waals surface area contributed by atoms with Gasteiger partial charge in [-0.05, 0) is 18.6 Å². The molecular formula is C17H23F2N3O2. The highest BCUT2D eigenvalue weighted by molar-refractivity contribution is 5.85. The number of carbonyl (C=O) groups excluding carboxylic acids is 1. The molecule has 0 bridgehead atoms. The summed E-state index contributed by atoms with van der Waals surface area (Å²) in [5, 5.41) is 0. The second-order valence-corrected chi connectivity index (χ2v) is 6.81. The van der Waals surface area contributed by atoms with E-state index in [2.05, 4.69) is 4.98 Å². The van der Waals surface area contributed by atoms with Crippen LogP contribution < -0.4 is 0 Å². The van der Waals surface area contributed by atoms with E-state index in [1.807, 2.05) is 12.1 Å². The second-order valence-electron chi connectivity index (χ2n) is 6.81. The van der Waals surface area contributed by atoms with Gasteiger partial charge in [0.1, 0.15) is 0 Å². The van der Waals surface area contributed by atoms with Gasteiger partial charge in [-0.1, -0.05) is 6.07 Å². The van der Waals surface area contributed by atoms with Crippen LogP contribution in [-0.2, 0) is 16.1 Å². The topological polar surface area (TPSA) is 45.7 Å². The Morgan fingerprint density at radius 1 is 1.33 bits per heavy atom. The Kier molecular flexibility index (Phi) is 4.83. The van der Waals surface area contributed by atoms with Crippen molar-refractivity contribution in [3.63, 3.8) is 0 Å². The van der Waals surface area contributed by atoms with Crippen molar-refractivity contribution in [2.75, 3.05) is 39.9 Å². The molecule has 3 heterocycles. The van der Waals surface area contributed by atoms with Gasteiger partial charge in [-0.15, -0.1) is 0 Å². The van der Waals surface area contributed by atoms with Gasteiger partial charge < -0.3 is 9.64 Å². The molecule has 3 rings (SSSR count). The minimum absolute atomic E-state index is 0.162. The molecule has 2 aliphatic rings. The molecule has 1 atom stereocenters. The molecule has 0 aliphatic carbocycles. The first-order chi connectivity index (χ1) is 11.4. The average molecular weight is 339 g/mol. The predicted octanol–water partition coefficient (Wildman–Crippen LogP) is 1.79. The number of methoxy groups -OCH3 is 1. The summed E-state index contributed by atoms with van der Waals surface area (Å²) < 4.78 is 33.7. The van der Waals surface area contributed by atoms with Gasteiger partial charge in [-0.2, -0.15) is 0 Å². The fraction of sp³-hybridized carbons (Fsp3) is 0.647. The van der Waals surface area contributed by atoms with Gasteiger partial charge >= 0.3 is 0 Å². The minimum atomic E-state index is -2.86. The number of aromatic nitrogens is 1. The highest BCUT2D eigenvalue weighted by Gasteiger charge is 2.56. The average Bonchev–Trinajstić information content (AvgIpc) is 2.80. The molecule has 0 N–H and O–H groups in total. The maximum Gasteiger partial charge on any atom is 0.261 e. The van der Waals surface area contributed by atoms with E-state index in [1.54, 1.807) is 29.2 Å². The third-order valence-corrected chi connectivity index (χ3v) is 4.86. The molecule has 2 fully saturated rings. The fourth-order valence-electron chi connectivity index (χ4n) is 3.87. The maximum absolute atomic E-state index is 14.3. The van der Waals surface area contributed by atoms with E-state index in [0.717, 1.165) is 5.69 Å². The summed E-state index contributed by atoms with van der Waals surface area (Å²) in [5.74, 6) is -3.02. The van der Waals surface area contributed by atoms with Gasteiger partial charge in [0, 0.05) is 45.9 Å². The Bertz CT molecular complexity index is 584. The number of carbonyl (C=O) groups is 1. The molecule has 24 heavy (non-hydrogen) atoms. The summed E-state index contributed by atoms with van der Waals surface area (Å²) in [6.45, 7) is 1.79. The van der Waals surface area contributed by atoms with Gasteiger partial charge in [-0.25, -0.2) is 8.78 Å². The molecule has 132 valence electrons. The van der Waals surface area contributed by atoms with Crippen LogP contribution in [0.4, 0.5) is 8.78 Å². The van der Waals surface area contributed by atoms with Crippen molar-refractivity contribution >= 4 is 5.91 Å². The van der Waals surface area contributed by atoms with Crippen LogP contribution >= 0.6 is 0 Å². The van der Waals surface area contributed by atoms with E-state index in [4.69, 9.17) is 4.74 Å². The van der Waals surface area contributed by atoms with E-state index < -0.39 is 11.3 Å². The van der Waals surface area contributed by atoms with Crippen LogP contribution in [0.15, 0.2) is 24.4 Å². The van der Waals surface area contributed by atoms with Crippen molar-refractivity contribution in [1.29, 1.82) is 0 Å². The van der Waals surface area contributed by atoms with Crippen LogP contribution in [-0.4, -0.2) is 66.5 Å². The van der Waals surface area contributed by atoms with Gasteiger partial charge in [0.2, 0.25) is 5.91 Å². The van der Waals surface area contributed by atoms with Crippen LogP contribution in [0, 0.1) is 5.41 Å². The summed E-state index contributed by atoms with van der Waals surface area (Å²) >= 11 is 0. The van der Waals surface area contributed by atoms with Gasteiger partial charge in [0.15, 0.2) is 0 Å². The lowest BCUT2D eigenvalue weighted by Crippen LogP contribution is -2.55. The second kappa shape index (κ2) is 6.72. The number of hydrogen-bond acceptors (Lipinski definition) is 4. The van der Waals surface area contributed by atoms with Crippen molar-refractivity contribution in [3.05, 3.63) is 30.1 Å². The van der Waals surface area contributed by atoms with E-state index in [9.17, 15) is 13.6 Å². The third-order valence-electron chi connectivity index (χ3n) is 4.86. The zero-order chi connectivity index (χ0) is 17.2. The molecule has 0 saturated carbocycles. The molecule has 2 aliphatic heterocycles. The number of pyridine rings is 1. The first-order valence-electron chi connectivity index (χ1n) is 8.23. The van der Waals surface area contributed by atoms with Crippen molar-refractivity contribution in [3.8, 4) is 0 Å². The van der Waals surface area contributed by atoms with Crippen LogP contribution in [0.2, 0.25) is 0 Å². The molecule has 1 unspecified atom stereocenters. The third kappa shape index (κ3) is 3.57. The molecule has 1 aromatic heterocycles. The van der Waals surface area contributed by atoms with Gasteiger partial charge in [0.25, 0.3) is 5.92 Å². The highest BCUT2D eigenvalue weighted by Crippen LogP contribution is 2.45. The molecule has 1 aromatic rings.